The van der Waals surface area contributed by atoms with Crippen molar-refractivity contribution >= 4 is 29.8 Å². The van der Waals surface area contributed by atoms with E-state index in [0.29, 0.717) is 31.9 Å². The van der Waals surface area contributed by atoms with E-state index in [2.05, 4.69) is 55.7 Å². The molecule has 0 radical (unpaired) electrons. The van der Waals surface area contributed by atoms with Gasteiger partial charge in [-0.25, -0.2) is 4.98 Å². The predicted octanol–water partition coefficient (Wildman–Crippen LogP) is 4.03. The average Bonchev–Trinajstić information content (AvgIpc) is 3.51. The summed E-state index contributed by atoms with van der Waals surface area (Å²) in [6.07, 6.45) is 5.44. The Morgan fingerprint density at radius 3 is 2.56 bits per heavy atom. The number of nitrogens with one attached hydrogen (secondary N) is 1. The number of carbonyl (C=O) groups is 1. The van der Waals surface area contributed by atoms with E-state index < -0.39 is 0 Å². The van der Waals surface area contributed by atoms with Crippen LogP contribution in [0.4, 0.5) is 17.2 Å². The minimum atomic E-state index is -0.0357. The topological polar surface area (TPSA) is 90.9 Å². The van der Waals surface area contributed by atoms with Gasteiger partial charge in [0.25, 0.3) is 5.91 Å². The Morgan fingerprint density at radius 1 is 1.14 bits per heavy atom. The molecule has 0 spiro atoms. The number of nitrogens with zero attached hydrogens (tertiary/aromatic N) is 6. The van der Waals surface area contributed by atoms with E-state index in [1.807, 2.05) is 24.7 Å². The van der Waals surface area contributed by atoms with Gasteiger partial charge in [-0.3, -0.25) is 9.79 Å². The predicted molar refractivity (Wildman–Crippen MR) is 142 cm³/mol. The number of hydrogen-bond donors (Lipinski definition) is 2. The molecule has 0 fully saturated rings. The second-order valence-electron chi connectivity index (χ2n) is 8.91. The zero-order valence-electron chi connectivity index (χ0n) is 20.4. The van der Waals surface area contributed by atoms with E-state index in [1.54, 1.807) is 41.7 Å². The Balaban J connectivity index is 1.58. The second kappa shape index (κ2) is 9.61. The van der Waals surface area contributed by atoms with Gasteiger partial charge < -0.3 is 29.4 Å². The molecule has 5 rings (SSSR count). The van der Waals surface area contributed by atoms with Crippen LogP contribution in [0.2, 0.25) is 0 Å². The number of aromatic hydroxyl groups is 1. The minimum absolute atomic E-state index is 0.0357. The van der Waals surface area contributed by atoms with Gasteiger partial charge in [-0.15, -0.1) is 0 Å². The maximum Gasteiger partial charge on any atom is 0.260 e. The van der Waals surface area contributed by atoms with E-state index in [-0.39, 0.29) is 11.7 Å². The molecule has 1 aliphatic heterocycles. The van der Waals surface area contributed by atoms with E-state index in [4.69, 9.17) is 0 Å². The summed E-state index contributed by atoms with van der Waals surface area (Å²) < 4.78 is 4.11. The fourth-order valence-electron chi connectivity index (χ4n) is 4.65. The van der Waals surface area contributed by atoms with Crippen LogP contribution in [0.1, 0.15) is 21.6 Å². The summed E-state index contributed by atoms with van der Waals surface area (Å²) in [5.41, 5.74) is 5.46. The Morgan fingerprint density at radius 2 is 1.89 bits per heavy atom. The molecule has 1 aliphatic rings. The third kappa shape index (κ3) is 4.31. The summed E-state index contributed by atoms with van der Waals surface area (Å²) in [5.74, 6) is 0.873. The standard InChI is InChI=1S/C27H29N7O2/c1-19-25-24(27(36)31(3)18-33(25)14-12-28-2)26(30-21-6-10-23(35)11-7-21)34(19)16-20-4-8-22(9-5-20)32-15-13-29-17-32/h4-11,13,15,17,30,35H,2,12,14,16,18H2,1,3H3. The van der Waals surface area contributed by atoms with Crippen molar-refractivity contribution in [2.24, 2.45) is 4.99 Å². The lowest BCUT2D eigenvalue weighted by molar-refractivity contribution is 0.0784. The number of imidazole rings is 1. The number of aromatic nitrogens is 3. The molecule has 0 saturated heterocycles. The second-order valence-corrected chi connectivity index (χ2v) is 8.91. The Labute approximate surface area is 209 Å². The first-order valence-corrected chi connectivity index (χ1v) is 11.8. The number of phenols is 1. The quantitative estimate of drug-likeness (QED) is 0.292. The first-order chi connectivity index (χ1) is 17.5. The molecular formula is C27H29N7O2. The Kier molecular flexibility index (Phi) is 6.20. The van der Waals surface area contributed by atoms with E-state index >= 15 is 0 Å². The van der Waals surface area contributed by atoms with E-state index in [9.17, 15) is 9.90 Å². The summed E-state index contributed by atoms with van der Waals surface area (Å²) in [7, 11) is 1.81. The molecule has 4 aromatic rings. The summed E-state index contributed by atoms with van der Waals surface area (Å²) in [6, 6.07) is 15.1. The molecule has 3 heterocycles. The fourth-order valence-corrected chi connectivity index (χ4v) is 4.65. The molecule has 36 heavy (non-hydrogen) atoms. The largest absolute Gasteiger partial charge is 0.508 e. The molecule has 9 nitrogen and oxygen atoms in total. The highest BCUT2D eigenvalue weighted by atomic mass is 16.3. The van der Waals surface area contributed by atoms with Crippen molar-refractivity contribution in [2.75, 3.05) is 37.0 Å². The highest BCUT2D eigenvalue weighted by Crippen LogP contribution is 2.40. The third-order valence-electron chi connectivity index (χ3n) is 6.49. The number of aliphatic imine (C=N–C) groups is 1. The molecule has 2 aromatic carbocycles. The minimum Gasteiger partial charge on any atom is -0.508 e. The zero-order valence-corrected chi connectivity index (χ0v) is 20.4. The fraction of sp³-hybridized carbons (Fsp3) is 0.222. The van der Waals surface area contributed by atoms with Crippen molar-refractivity contribution in [3.05, 3.63) is 84.1 Å². The van der Waals surface area contributed by atoms with Gasteiger partial charge in [0.05, 0.1) is 25.2 Å². The molecule has 0 atom stereocenters. The first-order valence-electron chi connectivity index (χ1n) is 11.8. The van der Waals surface area contributed by atoms with Gasteiger partial charge in [0, 0.05) is 49.6 Å². The number of phenolic OH excluding ortho intramolecular Hbond substituents is 1. The molecule has 0 aliphatic carbocycles. The highest BCUT2D eigenvalue weighted by molar-refractivity contribution is 6.07. The summed E-state index contributed by atoms with van der Waals surface area (Å²) in [6.45, 7) is 7.98. The third-order valence-corrected chi connectivity index (χ3v) is 6.49. The number of amides is 1. The van der Waals surface area contributed by atoms with Crippen molar-refractivity contribution in [3.63, 3.8) is 0 Å². The molecule has 184 valence electrons. The van der Waals surface area contributed by atoms with Crippen molar-refractivity contribution in [2.45, 2.75) is 13.5 Å². The summed E-state index contributed by atoms with van der Waals surface area (Å²) in [4.78, 5) is 25.5. The highest BCUT2D eigenvalue weighted by Gasteiger charge is 2.35. The Hall–Kier alpha value is -4.53. The Bertz CT molecular complexity index is 1370. The van der Waals surface area contributed by atoms with Gasteiger partial charge in [0.15, 0.2) is 0 Å². The van der Waals surface area contributed by atoms with Gasteiger partial charge in [0.1, 0.15) is 17.1 Å². The summed E-state index contributed by atoms with van der Waals surface area (Å²) >= 11 is 0. The van der Waals surface area contributed by atoms with Crippen LogP contribution in [-0.4, -0.2) is 63.6 Å². The smallest absolute Gasteiger partial charge is 0.260 e. The molecular weight excluding hydrogens is 454 g/mol. The maximum absolute atomic E-state index is 13.5. The van der Waals surface area contributed by atoms with Crippen molar-refractivity contribution < 1.29 is 9.90 Å². The van der Waals surface area contributed by atoms with Crippen molar-refractivity contribution in [1.82, 2.24) is 19.0 Å². The van der Waals surface area contributed by atoms with Gasteiger partial charge in [0.2, 0.25) is 0 Å². The molecule has 2 aromatic heterocycles. The molecule has 0 bridgehead atoms. The zero-order chi connectivity index (χ0) is 25.2. The van der Waals surface area contributed by atoms with Crippen LogP contribution in [0, 0.1) is 6.92 Å². The van der Waals surface area contributed by atoms with Gasteiger partial charge >= 0.3 is 0 Å². The number of hydrogen-bond acceptors (Lipinski definition) is 6. The molecule has 9 heteroatoms. The van der Waals surface area contributed by atoms with Crippen LogP contribution < -0.4 is 10.2 Å². The average molecular weight is 484 g/mol. The molecule has 2 N–H and O–H groups in total. The molecule has 0 unspecified atom stereocenters. The lowest BCUT2D eigenvalue weighted by Crippen LogP contribution is -2.45. The van der Waals surface area contributed by atoms with Gasteiger partial charge in [-0.1, -0.05) is 12.1 Å². The van der Waals surface area contributed by atoms with Crippen LogP contribution in [0.15, 0.2) is 72.2 Å². The lowest BCUT2D eigenvalue weighted by Gasteiger charge is -2.35. The van der Waals surface area contributed by atoms with Crippen LogP contribution in [0.5, 0.6) is 5.75 Å². The lowest BCUT2D eigenvalue weighted by atomic mass is 10.1. The number of anilines is 3. The van der Waals surface area contributed by atoms with Gasteiger partial charge in [-0.2, -0.15) is 0 Å². The number of carbonyl (C=O) groups excluding carboxylic acids is 1. The SMILES string of the molecule is C=NCCN1CN(C)C(=O)c2c1c(C)n(Cc1ccc(-n3ccnc3)cc1)c2Nc1ccc(O)cc1. The van der Waals surface area contributed by atoms with Crippen LogP contribution >= 0.6 is 0 Å². The number of rotatable bonds is 8. The molecule has 0 saturated carbocycles. The number of benzene rings is 2. The first kappa shape index (κ1) is 23.2. The summed E-state index contributed by atoms with van der Waals surface area (Å²) in [5, 5.41) is 13.2. The van der Waals surface area contributed by atoms with Crippen LogP contribution in [0.3, 0.4) is 0 Å². The molecule has 1 amide bonds. The van der Waals surface area contributed by atoms with E-state index in [1.165, 1.54) is 0 Å². The normalized spacial score (nSPS) is 13.1. The number of fused-ring (bicyclic) bond motifs is 1. The monoisotopic (exact) mass is 483 g/mol. The van der Waals surface area contributed by atoms with Gasteiger partial charge in [-0.05, 0) is 55.6 Å². The van der Waals surface area contributed by atoms with Crippen molar-refractivity contribution in [3.8, 4) is 11.4 Å². The van der Waals surface area contributed by atoms with Crippen LogP contribution in [0.25, 0.3) is 5.69 Å². The van der Waals surface area contributed by atoms with Crippen LogP contribution in [-0.2, 0) is 6.54 Å². The van der Waals surface area contributed by atoms with E-state index in [0.717, 1.165) is 34.1 Å². The van der Waals surface area contributed by atoms with Crippen molar-refractivity contribution in [1.29, 1.82) is 0 Å². The maximum atomic E-state index is 13.5.